The minimum absolute atomic E-state index is 0.147. The quantitative estimate of drug-likeness (QED) is 0.586. The van der Waals surface area contributed by atoms with Gasteiger partial charge in [0.2, 0.25) is 11.5 Å². The smallest absolute Gasteiger partial charge is 0.475 e. The SMILES string of the molecule is CCO/C(O)=C(\[N+]#N)C(O)c1ccco1. The molecule has 80 valence electrons. The average molecular weight is 211 g/mol. The number of hydrogen-bond acceptors (Lipinski definition) is 5. The Hall–Kier alpha value is -2.00. The second-order valence-corrected chi connectivity index (χ2v) is 2.64. The minimum Gasteiger partial charge on any atom is -0.475 e. The van der Waals surface area contributed by atoms with Gasteiger partial charge in [0, 0.05) is 0 Å². The molecule has 6 nitrogen and oxygen atoms in total. The third-order valence-corrected chi connectivity index (χ3v) is 1.68. The summed E-state index contributed by atoms with van der Waals surface area (Å²) in [5, 5.41) is 27.5. The molecule has 1 unspecified atom stereocenters. The molecule has 1 rings (SSSR count). The standard InChI is InChI=1S/C9H10N2O4/c1-2-14-9(13)7(11-10)8(12)6-4-3-5-15-6/h3-5,8,12H,2H2,1H3/p+1/b9-7-. The summed E-state index contributed by atoms with van der Waals surface area (Å²) >= 11 is 0. The van der Waals surface area contributed by atoms with Gasteiger partial charge in [0.1, 0.15) is 5.76 Å². The van der Waals surface area contributed by atoms with E-state index in [0.29, 0.717) is 0 Å². The second-order valence-electron chi connectivity index (χ2n) is 2.64. The van der Waals surface area contributed by atoms with Crippen LogP contribution < -0.4 is 0 Å². The van der Waals surface area contributed by atoms with Gasteiger partial charge in [-0.3, -0.25) is 0 Å². The summed E-state index contributed by atoms with van der Waals surface area (Å²) in [6, 6.07) is 3.04. The van der Waals surface area contributed by atoms with E-state index in [-0.39, 0.29) is 12.4 Å². The van der Waals surface area contributed by atoms with Crippen LogP contribution in [0.25, 0.3) is 4.98 Å². The van der Waals surface area contributed by atoms with E-state index < -0.39 is 17.7 Å². The Kier molecular flexibility index (Phi) is 3.71. The maximum absolute atomic E-state index is 9.62. The highest BCUT2D eigenvalue weighted by molar-refractivity contribution is 5.22. The molecule has 0 saturated carbocycles. The number of rotatable bonds is 4. The summed E-state index contributed by atoms with van der Waals surface area (Å²) in [4.78, 5) is 2.76. The topological polar surface area (TPSA) is 91.0 Å². The molecule has 0 aliphatic rings. The Labute approximate surface area is 86.0 Å². The summed E-state index contributed by atoms with van der Waals surface area (Å²) < 4.78 is 9.58. The highest BCUT2D eigenvalue weighted by Gasteiger charge is 2.34. The number of diazo groups is 1. The highest BCUT2D eigenvalue weighted by Crippen LogP contribution is 2.25. The van der Waals surface area contributed by atoms with Crippen LogP contribution in [-0.2, 0) is 4.74 Å². The zero-order valence-electron chi connectivity index (χ0n) is 8.12. The Morgan fingerprint density at radius 1 is 1.73 bits per heavy atom. The number of nitrogens with zero attached hydrogens (tertiary/aromatic N) is 2. The van der Waals surface area contributed by atoms with E-state index in [0.717, 1.165) is 0 Å². The molecule has 2 N–H and O–H groups in total. The predicted octanol–water partition coefficient (Wildman–Crippen LogP) is 1.93. The normalized spacial score (nSPS) is 13.9. The molecule has 0 radical (unpaired) electrons. The van der Waals surface area contributed by atoms with Crippen molar-refractivity contribution >= 4 is 0 Å². The van der Waals surface area contributed by atoms with Gasteiger partial charge in [0.15, 0.2) is 4.98 Å². The second kappa shape index (κ2) is 5.02. The molecule has 1 atom stereocenters. The lowest BCUT2D eigenvalue weighted by molar-refractivity contribution is 0.0844. The molecule has 0 saturated heterocycles. The number of furan rings is 1. The fourth-order valence-electron chi connectivity index (χ4n) is 1.01. The summed E-state index contributed by atoms with van der Waals surface area (Å²) in [6.45, 7) is 1.83. The monoisotopic (exact) mass is 211 g/mol. The first kappa shape index (κ1) is 11.1. The molecule has 0 spiro atoms. The van der Waals surface area contributed by atoms with E-state index in [1.807, 2.05) is 0 Å². The van der Waals surface area contributed by atoms with E-state index in [1.54, 1.807) is 13.0 Å². The van der Waals surface area contributed by atoms with Gasteiger partial charge in [-0.2, -0.15) is 0 Å². The van der Waals surface area contributed by atoms with Crippen molar-refractivity contribution in [2.24, 2.45) is 0 Å². The van der Waals surface area contributed by atoms with Gasteiger partial charge in [0.25, 0.3) is 0 Å². The zero-order valence-corrected chi connectivity index (χ0v) is 8.12. The van der Waals surface area contributed by atoms with Crippen LogP contribution in [0.1, 0.15) is 18.8 Å². The number of hydrogen-bond donors (Lipinski definition) is 2. The summed E-state index contributed by atoms with van der Waals surface area (Å²) in [5.74, 6) is -0.488. The van der Waals surface area contributed by atoms with Crippen molar-refractivity contribution in [3.63, 3.8) is 0 Å². The molecule has 1 aromatic heterocycles. The van der Waals surface area contributed by atoms with E-state index in [2.05, 4.69) is 4.98 Å². The molecule has 15 heavy (non-hydrogen) atoms. The molecule has 1 aromatic rings. The molecule has 0 aliphatic heterocycles. The molecule has 0 amide bonds. The third-order valence-electron chi connectivity index (χ3n) is 1.68. The lowest BCUT2D eigenvalue weighted by Crippen LogP contribution is -2.03. The van der Waals surface area contributed by atoms with Gasteiger partial charge < -0.3 is 19.4 Å². The van der Waals surface area contributed by atoms with Crippen LogP contribution in [0.15, 0.2) is 34.5 Å². The predicted molar refractivity (Wildman–Crippen MR) is 50.0 cm³/mol. The first-order chi connectivity index (χ1) is 7.20. The Morgan fingerprint density at radius 3 is 2.93 bits per heavy atom. The first-order valence-corrected chi connectivity index (χ1v) is 4.33. The fraction of sp³-hybridized carbons (Fsp3) is 0.333. The average Bonchev–Trinajstić information content (AvgIpc) is 2.71. The van der Waals surface area contributed by atoms with E-state index in [1.165, 1.54) is 12.3 Å². The van der Waals surface area contributed by atoms with Crippen LogP contribution in [0.2, 0.25) is 0 Å². The van der Waals surface area contributed by atoms with Crippen molar-refractivity contribution in [2.75, 3.05) is 6.61 Å². The summed E-state index contributed by atoms with van der Waals surface area (Å²) in [5.41, 5.74) is -0.396. The highest BCUT2D eigenvalue weighted by atomic mass is 16.6. The summed E-state index contributed by atoms with van der Waals surface area (Å²) in [6.07, 6.45) is -0.0119. The van der Waals surface area contributed by atoms with E-state index >= 15 is 0 Å². The maximum atomic E-state index is 9.62. The fourth-order valence-corrected chi connectivity index (χ4v) is 1.01. The van der Waals surface area contributed by atoms with Crippen molar-refractivity contribution in [3.8, 4) is 0 Å². The van der Waals surface area contributed by atoms with Gasteiger partial charge in [-0.1, -0.05) is 0 Å². The van der Waals surface area contributed by atoms with Crippen LogP contribution >= 0.6 is 0 Å². The molecular formula is C9H11N2O4+. The zero-order chi connectivity index (χ0) is 11.3. The molecule has 0 aliphatic carbocycles. The van der Waals surface area contributed by atoms with Gasteiger partial charge >= 0.3 is 11.6 Å². The van der Waals surface area contributed by atoms with Crippen LogP contribution in [-0.4, -0.2) is 16.8 Å². The lowest BCUT2D eigenvalue weighted by Gasteiger charge is -2.01. The summed E-state index contributed by atoms with van der Waals surface area (Å²) in [7, 11) is 0. The van der Waals surface area contributed by atoms with Crippen molar-refractivity contribution in [1.82, 2.24) is 0 Å². The van der Waals surface area contributed by atoms with Crippen LogP contribution in [0.4, 0.5) is 0 Å². The molecule has 0 fully saturated rings. The van der Waals surface area contributed by atoms with Gasteiger partial charge in [-0.05, 0) is 19.1 Å². The maximum Gasteiger partial charge on any atom is 0.476 e. The number of aliphatic hydroxyl groups is 2. The van der Waals surface area contributed by atoms with E-state index in [4.69, 9.17) is 14.5 Å². The molecule has 6 heteroatoms. The van der Waals surface area contributed by atoms with Crippen molar-refractivity contribution in [2.45, 2.75) is 13.0 Å². The van der Waals surface area contributed by atoms with Crippen molar-refractivity contribution in [1.29, 1.82) is 5.39 Å². The van der Waals surface area contributed by atoms with Crippen LogP contribution in [0.3, 0.4) is 0 Å². The van der Waals surface area contributed by atoms with Crippen LogP contribution in [0, 0.1) is 5.39 Å². The van der Waals surface area contributed by atoms with Gasteiger partial charge in [0.05, 0.1) is 12.9 Å². The van der Waals surface area contributed by atoms with E-state index in [9.17, 15) is 10.2 Å². The van der Waals surface area contributed by atoms with Gasteiger partial charge in [-0.15, -0.1) is 0 Å². The Bertz CT molecular complexity index is 377. The largest absolute Gasteiger partial charge is 0.476 e. The molecular weight excluding hydrogens is 200 g/mol. The Balaban J connectivity index is 2.94. The van der Waals surface area contributed by atoms with Crippen molar-refractivity contribution < 1.29 is 19.4 Å². The Morgan fingerprint density at radius 2 is 2.47 bits per heavy atom. The first-order valence-electron chi connectivity index (χ1n) is 4.33. The molecule has 0 aromatic carbocycles. The molecule has 1 heterocycles. The van der Waals surface area contributed by atoms with Gasteiger partial charge in [-0.25, -0.2) is 0 Å². The molecule has 0 bridgehead atoms. The lowest BCUT2D eigenvalue weighted by atomic mass is 10.2. The van der Waals surface area contributed by atoms with Crippen molar-refractivity contribution in [3.05, 3.63) is 40.8 Å². The minimum atomic E-state index is -1.36. The number of ether oxygens (including phenoxy) is 1. The van der Waals surface area contributed by atoms with Crippen LogP contribution in [0.5, 0.6) is 0 Å². The third kappa shape index (κ3) is 2.48. The number of aliphatic hydroxyl groups excluding tert-OH is 2.